The van der Waals surface area contributed by atoms with Crippen LogP contribution in [0.25, 0.3) is 82.5 Å². The molecule has 11 aromatic rings. The van der Waals surface area contributed by atoms with E-state index in [1.807, 2.05) is 24.3 Å². The second-order valence-corrected chi connectivity index (χ2v) is 14.7. The van der Waals surface area contributed by atoms with Crippen LogP contribution in [0.2, 0.25) is 0 Å². The average Bonchev–Trinajstić information content (AvgIpc) is 3.96. The highest BCUT2D eigenvalue weighted by Crippen LogP contribution is 2.42. The zero-order valence-electron chi connectivity index (χ0n) is 30.7. The second-order valence-electron chi connectivity index (χ2n) is 14.7. The number of aromatic nitrogens is 1. The van der Waals surface area contributed by atoms with Crippen molar-refractivity contribution in [1.82, 2.24) is 15.2 Å². The van der Waals surface area contributed by atoms with Gasteiger partial charge in [-0.15, -0.1) is 0 Å². The van der Waals surface area contributed by atoms with Crippen LogP contribution >= 0.6 is 0 Å². The normalized spacial score (nSPS) is 15.9. The topological polar surface area (TPSA) is 67.6 Å². The van der Waals surface area contributed by atoms with Crippen LogP contribution in [0.3, 0.4) is 0 Å². The highest BCUT2D eigenvalue weighted by molar-refractivity contribution is 6.15. The van der Waals surface area contributed by atoms with Crippen molar-refractivity contribution in [2.45, 2.75) is 12.3 Å². The minimum atomic E-state index is -0.234. The summed E-state index contributed by atoms with van der Waals surface area (Å²) >= 11 is 0. The quantitative estimate of drug-likeness (QED) is 0.185. The van der Waals surface area contributed by atoms with E-state index in [2.05, 4.69) is 173 Å². The molecule has 2 N–H and O–H groups in total. The predicted octanol–water partition coefficient (Wildman–Crippen LogP) is 12.6. The van der Waals surface area contributed by atoms with Crippen LogP contribution in [0.1, 0.15) is 29.0 Å². The van der Waals surface area contributed by atoms with Crippen molar-refractivity contribution in [2.75, 3.05) is 0 Å². The molecule has 0 amide bonds. The first-order valence-corrected chi connectivity index (χ1v) is 19.4. The molecule has 2 unspecified atom stereocenters. The van der Waals surface area contributed by atoms with E-state index in [0.717, 1.165) is 94.3 Å². The zero-order valence-corrected chi connectivity index (χ0v) is 30.7. The molecule has 0 spiro atoms. The van der Waals surface area contributed by atoms with Crippen LogP contribution in [0, 0.1) is 0 Å². The molecule has 1 aliphatic rings. The summed E-state index contributed by atoms with van der Waals surface area (Å²) in [6.45, 7) is 0. The molecule has 0 fully saturated rings. The van der Waals surface area contributed by atoms with Gasteiger partial charge in [0.25, 0.3) is 0 Å². The molecule has 6 heteroatoms. The van der Waals surface area contributed by atoms with Crippen LogP contribution in [0.15, 0.2) is 196 Å². The van der Waals surface area contributed by atoms with Gasteiger partial charge < -0.3 is 18.7 Å². The molecule has 0 bridgehead atoms. The van der Waals surface area contributed by atoms with Crippen LogP contribution in [0.5, 0.6) is 0 Å². The van der Waals surface area contributed by atoms with Gasteiger partial charge in [-0.2, -0.15) is 0 Å². The first-order chi connectivity index (χ1) is 28.3. The third-order valence-corrected chi connectivity index (χ3v) is 11.5. The van der Waals surface area contributed by atoms with E-state index in [9.17, 15) is 0 Å². The Morgan fingerprint density at radius 1 is 0.491 bits per heavy atom. The molecular formula is C51H34N4O2. The van der Waals surface area contributed by atoms with Crippen LogP contribution in [-0.4, -0.2) is 10.4 Å². The van der Waals surface area contributed by atoms with Gasteiger partial charge in [-0.25, -0.2) is 4.99 Å². The number of para-hydroxylation sites is 4. The van der Waals surface area contributed by atoms with Crippen molar-refractivity contribution in [3.8, 4) is 16.8 Å². The Balaban J connectivity index is 0.985. The van der Waals surface area contributed by atoms with Crippen LogP contribution < -0.4 is 10.6 Å². The first-order valence-electron chi connectivity index (χ1n) is 19.4. The summed E-state index contributed by atoms with van der Waals surface area (Å²) in [5.41, 5.74) is 12.0. The fraction of sp³-hybridized carbons (Fsp3) is 0.0392. The lowest BCUT2D eigenvalue weighted by Gasteiger charge is -2.32. The van der Waals surface area contributed by atoms with Gasteiger partial charge in [-0.3, -0.25) is 5.32 Å². The van der Waals surface area contributed by atoms with E-state index < -0.39 is 0 Å². The van der Waals surface area contributed by atoms with Gasteiger partial charge in [0.15, 0.2) is 5.58 Å². The number of hydrogen-bond acceptors (Lipinski definition) is 5. The maximum Gasteiger partial charge on any atom is 0.159 e. The van der Waals surface area contributed by atoms with Gasteiger partial charge in [0, 0.05) is 49.0 Å². The summed E-state index contributed by atoms with van der Waals surface area (Å²) < 4.78 is 16.0. The molecular weight excluding hydrogens is 701 g/mol. The number of fused-ring (bicyclic) bond motifs is 9. The number of amidine groups is 1. The monoisotopic (exact) mass is 734 g/mol. The maximum atomic E-state index is 6.85. The molecule has 6 nitrogen and oxygen atoms in total. The Bertz CT molecular complexity index is 3320. The average molecular weight is 735 g/mol. The number of rotatable bonds is 5. The number of nitrogens with one attached hydrogen (secondary N) is 2. The molecule has 0 aliphatic carbocycles. The van der Waals surface area contributed by atoms with Crippen LogP contribution in [-0.2, 0) is 0 Å². The molecule has 57 heavy (non-hydrogen) atoms. The van der Waals surface area contributed by atoms with Gasteiger partial charge in [0.05, 0.1) is 16.7 Å². The highest BCUT2D eigenvalue weighted by Gasteiger charge is 2.28. The Morgan fingerprint density at radius 2 is 1.16 bits per heavy atom. The summed E-state index contributed by atoms with van der Waals surface area (Å²) in [5, 5.41) is 14.3. The summed E-state index contributed by atoms with van der Waals surface area (Å²) in [5.74, 6) is 0.846. The summed E-state index contributed by atoms with van der Waals surface area (Å²) in [4.78, 5) is 5.13. The van der Waals surface area contributed by atoms with Gasteiger partial charge >= 0.3 is 0 Å². The summed E-state index contributed by atoms with van der Waals surface area (Å²) in [6, 6.07) is 63.6. The third kappa shape index (κ3) is 4.98. The predicted molar refractivity (Wildman–Crippen MR) is 232 cm³/mol. The number of benzene rings is 8. The number of hydrogen-bond donors (Lipinski definition) is 2. The standard InChI is InChI=1S/C51H34N4O2/c1-3-14-31(15-4-1)49-52-50(32-16-5-2-6-17-32)54-51(53-49)40-23-13-27-44-46(40)39-22-11-20-34(47(39)56-44)33-28-29-37-38-21-12-26-43(48(38)57-45(37)30-33)55-41-24-9-7-18-35(41)36-19-8-10-25-42(36)55/h1-30,49,51,53H,(H,52,54). The molecule has 8 aromatic carbocycles. The molecule has 12 rings (SSSR count). The maximum absolute atomic E-state index is 6.85. The van der Waals surface area contributed by atoms with Crippen molar-refractivity contribution >= 4 is 71.5 Å². The van der Waals surface area contributed by atoms with Crippen molar-refractivity contribution in [2.24, 2.45) is 4.99 Å². The lowest BCUT2D eigenvalue weighted by molar-refractivity contribution is 0.411. The number of furan rings is 2. The Kier molecular flexibility index (Phi) is 7.03. The van der Waals surface area contributed by atoms with Crippen molar-refractivity contribution < 1.29 is 8.83 Å². The molecule has 0 saturated carbocycles. The molecule has 2 atom stereocenters. The SMILES string of the molecule is c1ccc(C2=NC(c3ccccc3)NC(c3cccc4oc5c(-c6ccc7c(c6)oc6c(-n8c9ccccc9c9ccccc98)cccc67)cccc5c34)N2)cc1. The largest absolute Gasteiger partial charge is 0.455 e. The van der Waals surface area contributed by atoms with Crippen molar-refractivity contribution in [3.05, 3.63) is 199 Å². The van der Waals surface area contributed by atoms with Crippen molar-refractivity contribution in [3.63, 3.8) is 0 Å². The minimum Gasteiger partial charge on any atom is -0.455 e. The molecule has 1 aliphatic heterocycles. The fourth-order valence-electron chi connectivity index (χ4n) is 8.92. The fourth-order valence-corrected chi connectivity index (χ4v) is 8.92. The lowest BCUT2D eigenvalue weighted by atomic mass is 9.98. The van der Waals surface area contributed by atoms with E-state index in [1.165, 1.54) is 10.8 Å². The minimum absolute atomic E-state index is 0.230. The Morgan fingerprint density at radius 3 is 1.96 bits per heavy atom. The molecule has 0 saturated heterocycles. The van der Waals surface area contributed by atoms with Gasteiger partial charge in [0.1, 0.15) is 34.9 Å². The van der Waals surface area contributed by atoms with E-state index in [4.69, 9.17) is 13.8 Å². The van der Waals surface area contributed by atoms with E-state index in [0.29, 0.717) is 0 Å². The Hall–Kier alpha value is -7.41. The first kappa shape index (κ1) is 31.9. The van der Waals surface area contributed by atoms with Gasteiger partial charge in [-0.05, 0) is 47.5 Å². The molecule has 4 heterocycles. The van der Waals surface area contributed by atoms with E-state index in [-0.39, 0.29) is 12.3 Å². The number of nitrogens with zero attached hydrogens (tertiary/aromatic N) is 2. The van der Waals surface area contributed by atoms with E-state index >= 15 is 0 Å². The van der Waals surface area contributed by atoms with Crippen LogP contribution in [0.4, 0.5) is 0 Å². The van der Waals surface area contributed by atoms with Crippen molar-refractivity contribution in [1.29, 1.82) is 0 Å². The molecule has 270 valence electrons. The van der Waals surface area contributed by atoms with E-state index in [1.54, 1.807) is 0 Å². The molecule has 3 aromatic heterocycles. The highest BCUT2D eigenvalue weighted by atomic mass is 16.3. The van der Waals surface area contributed by atoms with Gasteiger partial charge in [-0.1, -0.05) is 146 Å². The lowest BCUT2D eigenvalue weighted by Crippen LogP contribution is -2.45. The van der Waals surface area contributed by atoms with Gasteiger partial charge in [0.2, 0.25) is 0 Å². The summed E-state index contributed by atoms with van der Waals surface area (Å²) in [7, 11) is 0. The Labute approximate surface area is 327 Å². The third-order valence-electron chi connectivity index (χ3n) is 11.5. The smallest absolute Gasteiger partial charge is 0.159 e. The number of aliphatic imine (C=N–C) groups is 1. The summed E-state index contributed by atoms with van der Waals surface area (Å²) in [6.07, 6.45) is -0.464. The second kappa shape index (κ2) is 12.6. The molecule has 0 radical (unpaired) electrons. The zero-order chi connectivity index (χ0) is 37.5.